The normalized spacial score (nSPS) is 17.4. The molecule has 2 rings (SSSR count). The first-order chi connectivity index (χ1) is 10.1. The molecule has 1 aromatic rings. The molecule has 0 aromatic heterocycles. The van der Waals surface area contributed by atoms with E-state index in [4.69, 9.17) is 4.74 Å². The van der Waals surface area contributed by atoms with Gasteiger partial charge in [0, 0.05) is 18.7 Å². The summed E-state index contributed by atoms with van der Waals surface area (Å²) in [4.78, 5) is 10.6. The van der Waals surface area contributed by atoms with Crippen LogP contribution in [0.4, 0.5) is 5.69 Å². The second-order valence-corrected chi connectivity index (χ2v) is 5.83. The molecule has 0 heterocycles. The first kappa shape index (κ1) is 15.8. The van der Waals surface area contributed by atoms with Crippen molar-refractivity contribution in [3.63, 3.8) is 0 Å². The van der Waals surface area contributed by atoms with E-state index in [2.05, 4.69) is 12.2 Å². The molecular formula is C16H24N2O3. The fourth-order valence-electron chi connectivity index (χ4n) is 3.07. The Morgan fingerprint density at radius 2 is 2.10 bits per heavy atom. The number of nitro benzene ring substituents is 1. The highest BCUT2D eigenvalue weighted by atomic mass is 16.6. The molecule has 21 heavy (non-hydrogen) atoms. The van der Waals surface area contributed by atoms with Crippen LogP contribution in [0.2, 0.25) is 0 Å². The highest BCUT2D eigenvalue weighted by Crippen LogP contribution is 2.28. The van der Waals surface area contributed by atoms with Crippen molar-refractivity contribution in [3.8, 4) is 5.75 Å². The molecule has 1 N–H and O–H groups in total. The predicted molar refractivity (Wildman–Crippen MR) is 82.5 cm³/mol. The van der Waals surface area contributed by atoms with Gasteiger partial charge >= 0.3 is 5.69 Å². The van der Waals surface area contributed by atoms with Gasteiger partial charge in [0.15, 0.2) is 5.75 Å². The number of ether oxygens (including phenoxy) is 1. The molecule has 1 atom stereocenters. The van der Waals surface area contributed by atoms with Gasteiger partial charge in [-0.25, -0.2) is 0 Å². The Labute approximate surface area is 125 Å². The third kappa shape index (κ3) is 4.17. The fourth-order valence-corrected chi connectivity index (χ4v) is 3.07. The Hall–Kier alpha value is -1.62. The Balaban J connectivity index is 1.96. The van der Waals surface area contributed by atoms with Crippen LogP contribution in [0.25, 0.3) is 0 Å². The molecule has 1 aromatic carbocycles. The first-order valence-electron chi connectivity index (χ1n) is 7.66. The van der Waals surface area contributed by atoms with E-state index in [0.29, 0.717) is 18.3 Å². The zero-order chi connectivity index (χ0) is 15.2. The van der Waals surface area contributed by atoms with Gasteiger partial charge in [-0.2, -0.15) is 0 Å². The lowest BCUT2D eigenvalue weighted by Crippen LogP contribution is -2.34. The summed E-state index contributed by atoms with van der Waals surface area (Å²) in [6.07, 6.45) is 6.58. The van der Waals surface area contributed by atoms with Gasteiger partial charge in [-0.1, -0.05) is 25.3 Å². The highest BCUT2D eigenvalue weighted by Gasteiger charge is 2.20. The summed E-state index contributed by atoms with van der Waals surface area (Å²) in [6, 6.07) is 5.60. The van der Waals surface area contributed by atoms with Crippen LogP contribution in [0.3, 0.4) is 0 Å². The minimum Gasteiger partial charge on any atom is -0.490 e. The SMILES string of the molecule is COc1ccc(CN[C@H](C)C2CCCCC2)cc1[N+](=O)[O-]. The van der Waals surface area contributed by atoms with Gasteiger partial charge in [0.05, 0.1) is 12.0 Å². The van der Waals surface area contributed by atoms with Crippen molar-refractivity contribution in [1.29, 1.82) is 0 Å². The average molecular weight is 292 g/mol. The second kappa shape index (κ2) is 7.41. The molecule has 5 nitrogen and oxygen atoms in total. The molecule has 0 radical (unpaired) electrons. The lowest BCUT2D eigenvalue weighted by molar-refractivity contribution is -0.385. The molecule has 0 saturated heterocycles. The first-order valence-corrected chi connectivity index (χ1v) is 7.66. The highest BCUT2D eigenvalue weighted by molar-refractivity contribution is 5.48. The van der Waals surface area contributed by atoms with Crippen molar-refractivity contribution >= 4 is 5.69 Å². The summed E-state index contributed by atoms with van der Waals surface area (Å²) in [6.45, 7) is 2.87. The smallest absolute Gasteiger partial charge is 0.311 e. The van der Waals surface area contributed by atoms with Crippen molar-refractivity contribution in [3.05, 3.63) is 33.9 Å². The molecule has 5 heteroatoms. The summed E-state index contributed by atoms with van der Waals surface area (Å²) < 4.78 is 5.02. The Morgan fingerprint density at radius 1 is 1.38 bits per heavy atom. The summed E-state index contributed by atoms with van der Waals surface area (Å²) >= 11 is 0. The Bertz CT molecular complexity index is 484. The predicted octanol–water partition coefficient (Wildman–Crippen LogP) is 3.66. The monoisotopic (exact) mass is 292 g/mol. The van der Waals surface area contributed by atoms with E-state index in [1.807, 2.05) is 6.07 Å². The molecule has 1 fully saturated rings. The molecular weight excluding hydrogens is 268 g/mol. The van der Waals surface area contributed by atoms with Gasteiger partial charge in [-0.3, -0.25) is 10.1 Å². The molecule has 1 aliphatic rings. The number of rotatable bonds is 6. The van der Waals surface area contributed by atoms with E-state index in [-0.39, 0.29) is 5.69 Å². The molecule has 0 bridgehead atoms. The standard InChI is InChI=1S/C16H24N2O3/c1-12(14-6-4-3-5-7-14)17-11-13-8-9-16(21-2)15(10-13)18(19)20/h8-10,12,14,17H,3-7,11H2,1-2H3/t12-/m1/s1. The van der Waals surface area contributed by atoms with Crippen LogP contribution in [-0.4, -0.2) is 18.1 Å². The van der Waals surface area contributed by atoms with Gasteiger partial charge in [0.25, 0.3) is 0 Å². The van der Waals surface area contributed by atoms with Crippen LogP contribution >= 0.6 is 0 Å². The van der Waals surface area contributed by atoms with Crippen molar-refractivity contribution in [2.45, 2.75) is 51.6 Å². The minimum atomic E-state index is -0.396. The second-order valence-electron chi connectivity index (χ2n) is 5.83. The molecule has 0 spiro atoms. The number of hydrogen-bond donors (Lipinski definition) is 1. The molecule has 0 amide bonds. The number of hydrogen-bond acceptors (Lipinski definition) is 4. The zero-order valence-electron chi connectivity index (χ0n) is 12.8. The van der Waals surface area contributed by atoms with Gasteiger partial charge in [0.1, 0.15) is 0 Å². The quantitative estimate of drug-likeness (QED) is 0.642. The van der Waals surface area contributed by atoms with E-state index >= 15 is 0 Å². The van der Waals surface area contributed by atoms with Crippen LogP contribution in [0.1, 0.15) is 44.6 Å². The number of nitrogens with zero attached hydrogens (tertiary/aromatic N) is 1. The van der Waals surface area contributed by atoms with Crippen molar-refractivity contribution in [2.24, 2.45) is 5.92 Å². The summed E-state index contributed by atoms with van der Waals surface area (Å²) in [5.41, 5.74) is 0.951. The van der Waals surface area contributed by atoms with Crippen LogP contribution in [0, 0.1) is 16.0 Å². The third-order valence-electron chi connectivity index (χ3n) is 4.43. The molecule has 1 aliphatic carbocycles. The summed E-state index contributed by atoms with van der Waals surface area (Å²) in [5, 5.41) is 14.5. The average Bonchev–Trinajstić information content (AvgIpc) is 2.53. The molecule has 0 aliphatic heterocycles. The lowest BCUT2D eigenvalue weighted by atomic mass is 9.84. The maximum Gasteiger partial charge on any atom is 0.311 e. The maximum atomic E-state index is 11.0. The number of benzene rings is 1. The van der Waals surface area contributed by atoms with E-state index in [1.165, 1.54) is 39.2 Å². The zero-order valence-corrected chi connectivity index (χ0v) is 12.8. The lowest BCUT2D eigenvalue weighted by Gasteiger charge is -2.28. The van der Waals surface area contributed by atoms with Crippen LogP contribution in [-0.2, 0) is 6.54 Å². The maximum absolute atomic E-state index is 11.0. The number of nitro groups is 1. The third-order valence-corrected chi connectivity index (χ3v) is 4.43. The van der Waals surface area contributed by atoms with E-state index < -0.39 is 4.92 Å². The number of nitrogens with one attached hydrogen (secondary N) is 1. The topological polar surface area (TPSA) is 64.4 Å². The minimum absolute atomic E-state index is 0.0297. The van der Waals surface area contributed by atoms with Gasteiger partial charge in [-0.05, 0) is 37.3 Å². The van der Waals surface area contributed by atoms with E-state index in [0.717, 1.165) is 11.5 Å². The van der Waals surface area contributed by atoms with Crippen LogP contribution in [0.5, 0.6) is 5.75 Å². The van der Waals surface area contributed by atoms with Gasteiger partial charge in [-0.15, -0.1) is 0 Å². The van der Waals surface area contributed by atoms with Crippen LogP contribution in [0.15, 0.2) is 18.2 Å². The fraction of sp³-hybridized carbons (Fsp3) is 0.625. The van der Waals surface area contributed by atoms with E-state index in [1.54, 1.807) is 12.1 Å². The van der Waals surface area contributed by atoms with Crippen LogP contribution < -0.4 is 10.1 Å². The largest absolute Gasteiger partial charge is 0.490 e. The Morgan fingerprint density at radius 3 is 2.71 bits per heavy atom. The van der Waals surface area contributed by atoms with Gasteiger partial charge in [0.2, 0.25) is 0 Å². The molecule has 116 valence electrons. The van der Waals surface area contributed by atoms with E-state index in [9.17, 15) is 10.1 Å². The summed E-state index contributed by atoms with van der Waals surface area (Å²) in [5.74, 6) is 1.04. The molecule has 0 unspecified atom stereocenters. The van der Waals surface area contributed by atoms with Crippen molar-refractivity contribution in [2.75, 3.05) is 7.11 Å². The Kier molecular flexibility index (Phi) is 5.56. The van der Waals surface area contributed by atoms with Crippen molar-refractivity contribution in [1.82, 2.24) is 5.32 Å². The summed E-state index contributed by atoms with van der Waals surface area (Å²) in [7, 11) is 1.45. The van der Waals surface area contributed by atoms with Gasteiger partial charge < -0.3 is 10.1 Å². The van der Waals surface area contributed by atoms with Crippen molar-refractivity contribution < 1.29 is 9.66 Å². The number of methoxy groups -OCH3 is 1. The molecule has 1 saturated carbocycles.